The molecule has 25 heavy (non-hydrogen) atoms. The van der Waals surface area contributed by atoms with Crippen molar-refractivity contribution in [3.05, 3.63) is 95.6 Å². The molecule has 3 aromatic rings. The van der Waals surface area contributed by atoms with Gasteiger partial charge in [0.25, 0.3) is 0 Å². The number of ether oxygens (including phenoxy) is 1. The van der Waals surface area contributed by atoms with E-state index in [1.165, 1.54) is 12.1 Å². The summed E-state index contributed by atoms with van der Waals surface area (Å²) in [5.41, 5.74) is 1.19. The fourth-order valence-corrected chi connectivity index (χ4v) is 2.40. The van der Waals surface area contributed by atoms with Gasteiger partial charge in [0.1, 0.15) is 23.1 Å². The number of para-hydroxylation sites is 1. The predicted octanol–water partition coefficient (Wildman–Crippen LogP) is 5.94. The standard InChI is InChI=1S/C21H17F2NO/c1-15(20-11-10-17(22)13-21(20)23)24-14-16-6-5-9-19(12-16)25-18-7-3-2-4-8-18/h2-15H,1H3/b24-14+. The van der Waals surface area contributed by atoms with Crippen molar-refractivity contribution in [3.63, 3.8) is 0 Å². The van der Waals surface area contributed by atoms with Crippen LogP contribution in [0.1, 0.15) is 24.1 Å². The molecule has 1 unspecified atom stereocenters. The van der Waals surface area contributed by atoms with Gasteiger partial charge in [0.05, 0.1) is 6.04 Å². The Labute approximate surface area is 145 Å². The minimum Gasteiger partial charge on any atom is -0.457 e. The molecule has 126 valence electrons. The van der Waals surface area contributed by atoms with Crippen molar-refractivity contribution in [3.8, 4) is 11.5 Å². The Morgan fingerprint density at radius 3 is 2.40 bits per heavy atom. The summed E-state index contributed by atoms with van der Waals surface area (Å²) in [5.74, 6) is 0.253. The second-order valence-corrected chi connectivity index (χ2v) is 5.61. The first-order chi connectivity index (χ1) is 12.1. The van der Waals surface area contributed by atoms with Gasteiger partial charge >= 0.3 is 0 Å². The summed E-state index contributed by atoms with van der Waals surface area (Å²) in [4.78, 5) is 4.36. The normalized spacial score (nSPS) is 12.3. The summed E-state index contributed by atoms with van der Waals surface area (Å²) in [5, 5.41) is 0. The maximum absolute atomic E-state index is 13.8. The molecule has 0 spiro atoms. The molecule has 0 fully saturated rings. The summed E-state index contributed by atoms with van der Waals surface area (Å²) in [6.07, 6.45) is 1.66. The number of benzene rings is 3. The van der Waals surface area contributed by atoms with Gasteiger partial charge in [-0.15, -0.1) is 0 Å². The number of aliphatic imine (C=N–C) groups is 1. The number of hydrogen-bond donors (Lipinski definition) is 0. The molecule has 0 aliphatic rings. The molecular weight excluding hydrogens is 320 g/mol. The van der Waals surface area contributed by atoms with Crippen LogP contribution in [0.4, 0.5) is 8.78 Å². The molecule has 3 aromatic carbocycles. The molecule has 0 heterocycles. The van der Waals surface area contributed by atoms with E-state index in [0.717, 1.165) is 17.4 Å². The predicted molar refractivity (Wildman–Crippen MR) is 95.3 cm³/mol. The van der Waals surface area contributed by atoms with Crippen molar-refractivity contribution in [2.45, 2.75) is 13.0 Å². The van der Waals surface area contributed by atoms with Gasteiger partial charge < -0.3 is 4.74 Å². The maximum atomic E-state index is 13.8. The minimum atomic E-state index is -0.594. The third-order valence-electron chi connectivity index (χ3n) is 3.70. The van der Waals surface area contributed by atoms with Crippen molar-refractivity contribution in [2.75, 3.05) is 0 Å². The van der Waals surface area contributed by atoms with Crippen LogP contribution in [0, 0.1) is 11.6 Å². The molecule has 2 nitrogen and oxygen atoms in total. The van der Waals surface area contributed by atoms with Crippen LogP contribution >= 0.6 is 0 Å². The molecule has 3 rings (SSSR count). The lowest BCUT2D eigenvalue weighted by Crippen LogP contribution is -1.96. The third-order valence-corrected chi connectivity index (χ3v) is 3.70. The van der Waals surface area contributed by atoms with Gasteiger partial charge in [-0.05, 0) is 42.8 Å². The Morgan fingerprint density at radius 2 is 1.64 bits per heavy atom. The molecule has 0 amide bonds. The third kappa shape index (κ3) is 4.51. The smallest absolute Gasteiger partial charge is 0.131 e. The molecule has 0 radical (unpaired) electrons. The van der Waals surface area contributed by atoms with E-state index in [1.807, 2.05) is 54.6 Å². The highest BCUT2D eigenvalue weighted by Crippen LogP contribution is 2.23. The van der Waals surface area contributed by atoms with Crippen molar-refractivity contribution in [1.82, 2.24) is 0 Å². The van der Waals surface area contributed by atoms with Crippen LogP contribution < -0.4 is 4.74 Å². The van der Waals surface area contributed by atoms with Gasteiger partial charge in [-0.2, -0.15) is 0 Å². The lowest BCUT2D eigenvalue weighted by atomic mass is 10.1. The Kier molecular flexibility index (Phi) is 5.19. The van der Waals surface area contributed by atoms with Crippen molar-refractivity contribution >= 4 is 6.21 Å². The molecule has 0 aliphatic heterocycles. The van der Waals surface area contributed by atoms with E-state index >= 15 is 0 Å². The molecule has 1 atom stereocenters. The Bertz CT molecular complexity index is 878. The SMILES string of the molecule is CC(/N=C/c1cccc(Oc2ccccc2)c1)c1ccc(F)cc1F. The first kappa shape index (κ1) is 16.8. The van der Waals surface area contributed by atoms with Crippen molar-refractivity contribution in [1.29, 1.82) is 0 Å². The summed E-state index contributed by atoms with van der Waals surface area (Å²) in [6, 6.07) is 20.0. The average molecular weight is 337 g/mol. The van der Waals surface area contributed by atoms with E-state index in [2.05, 4.69) is 4.99 Å². The Balaban J connectivity index is 1.74. The molecule has 0 aliphatic carbocycles. The van der Waals surface area contributed by atoms with E-state index in [9.17, 15) is 8.78 Å². The average Bonchev–Trinajstić information content (AvgIpc) is 2.61. The molecule has 0 N–H and O–H groups in total. The van der Waals surface area contributed by atoms with Crippen LogP contribution in [0.25, 0.3) is 0 Å². The zero-order chi connectivity index (χ0) is 17.6. The number of hydrogen-bond acceptors (Lipinski definition) is 2. The zero-order valence-corrected chi connectivity index (χ0v) is 13.7. The quantitative estimate of drug-likeness (QED) is 0.528. The summed E-state index contributed by atoms with van der Waals surface area (Å²) >= 11 is 0. The van der Waals surface area contributed by atoms with Gasteiger partial charge in [-0.3, -0.25) is 4.99 Å². The second-order valence-electron chi connectivity index (χ2n) is 5.61. The number of halogens is 2. The van der Waals surface area contributed by atoms with Gasteiger partial charge in [0.15, 0.2) is 0 Å². The van der Waals surface area contributed by atoms with E-state index in [1.54, 1.807) is 13.1 Å². The first-order valence-corrected chi connectivity index (χ1v) is 7.93. The van der Waals surface area contributed by atoms with Gasteiger partial charge in [-0.1, -0.05) is 36.4 Å². The van der Waals surface area contributed by atoms with Crippen LogP contribution in [-0.4, -0.2) is 6.21 Å². The highest BCUT2D eigenvalue weighted by molar-refractivity contribution is 5.80. The largest absolute Gasteiger partial charge is 0.457 e. The first-order valence-electron chi connectivity index (χ1n) is 7.93. The lowest BCUT2D eigenvalue weighted by Gasteiger charge is -2.08. The van der Waals surface area contributed by atoms with E-state index in [-0.39, 0.29) is 0 Å². The monoisotopic (exact) mass is 337 g/mol. The molecule has 4 heteroatoms. The van der Waals surface area contributed by atoms with Gasteiger partial charge in [-0.25, -0.2) is 8.78 Å². The van der Waals surface area contributed by atoms with Crippen LogP contribution in [-0.2, 0) is 0 Å². The topological polar surface area (TPSA) is 21.6 Å². The summed E-state index contributed by atoms with van der Waals surface area (Å²) in [6.45, 7) is 1.76. The van der Waals surface area contributed by atoms with Crippen molar-refractivity contribution < 1.29 is 13.5 Å². The maximum Gasteiger partial charge on any atom is 0.131 e. The molecule has 0 saturated heterocycles. The lowest BCUT2D eigenvalue weighted by molar-refractivity contribution is 0.482. The summed E-state index contributed by atoms with van der Waals surface area (Å²) < 4.78 is 32.6. The van der Waals surface area contributed by atoms with Crippen LogP contribution in [0.3, 0.4) is 0 Å². The van der Waals surface area contributed by atoms with E-state index in [0.29, 0.717) is 11.3 Å². The van der Waals surface area contributed by atoms with E-state index in [4.69, 9.17) is 4.74 Å². The molecule has 0 bridgehead atoms. The van der Waals surface area contributed by atoms with Gasteiger partial charge in [0.2, 0.25) is 0 Å². The molecule has 0 aromatic heterocycles. The molecule has 0 saturated carbocycles. The second kappa shape index (κ2) is 7.71. The summed E-state index contributed by atoms with van der Waals surface area (Å²) in [7, 11) is 0. The highest BCUT2D eigenvalue weighted by atomic mass is 19.1. The zero-order valence-electron chi connectivity index (χ0n) is 13.7. The number of nitrogens with zero attached hydrogens (tertiary/aromatic N) is 1. The minimum absolute atomic E-state index is 0.356. The van der Waals surface area contributed by atoms with Crippen molar-refractivity contribution in [2.24, 2.45) is 4.99 Å². The highest BCUT2D eigenvalue weighted by Gasteiger charge is 2.10. The van der Waals surface area contributed by atoms with E-state index < -0.39 is 17.7 Å². The Hall–Kier alpha value is -3.01. The fraction of sp³-hybridized carbons (Fsp3) is 0.0952. The van der Waals surface area contributed by atoms with Crippen LogP contribution in [0.15, 0.2) is 77.8 Å². The number of rotatable bonds is 5. The van der Waals surface area contributed by atoms with Gasteiger partial charge in [0, 0.05) is 17.8 Å². The van der Waals surface area contributed by atoms with Crippen LogP contribution in [0.2, 0.25) is 0 Å². The van der Waals surface area contributed by atoms with Crippen LogP contribution in [0.5, 0.6) is 11.5 Å². The fourth-order valence-electron chi connectivity index (χ4n) is 2.40. The Morgan fingerprint density at radius 1 is 0.880 bits per heavy atom. The molecular formula is C21H17F2NO.